The third kappa shape index (κ3) is 4.00. The molecule has 0 atom stereocenters. The van der Waals surface area contributed by atoms with E-state index in [1.807, 2.05) is 16.5 Å². The van der Waals surface area contributed by atoms with Crippen LogP contribution in [-0.4, -0.2) is 50.3 Å². The van der Waals surface area contributed by atoms with E-state index in [-0.39, 0.29) is 5.91 Å². The number of hydrogen-bond donors (Lipinski definition) is 0. The summed E-state index contributed by atoms with van der Waals surface area (Å²) in [5.74, 6) is 0.0160. The molecule has 1 amide bonds. The Bertz CT molecular complexity index is 1070. The van der Waals surface area contributed by atoms with Gasteiger partial charge < -0.3 is 4.90 Å². The number of fused-ring (bicyclic) bond motifs is 1. The van der Waals surface area contributed by atoms with Gasteiger partial charge in [-0.3, -0.25) is 9.69 Å². The fourth-order valence-electron chi connectivity index (χ4n) is 4.83. The highest BCUT2D eigenvalue weighted by molar-refractivity contribution is 5.93. The number of carbonyl (C=O) groups excluding carboxylic acids is 1. The molecular formula is C25H29N5O. The molecule has 0 aliphatic carbocycles. The first kappa shape index (κ1) is 19.9. The Balaban J connectivity index is 1.38. The van der Waals surface area contributed by atoms with Crippen molar-refractivity contribution in [2.45, 2.75) is 45.7 Å². The van der Waals surface area contributed by atoms with Gasteiger partial charge >= 0.3 is 0 Å². The maximum absolute atomic E-state index is 13.0. The van der Waals surface area contributed by atoms with Crippen LogP contribution >= 0.6 is 0 Å². The molecule has 160 valence electrons. The van der Waals surface area contributed by atoms with Crippen molar-refractivity contribution in [3.05, 3.63) is 76.6 Å². The van der Waals surface area contributed by atoms with Gasteiger partial charge in [-0.1, -0.05) is 47.7 Å². The van der Waals surface area contributed by atoms with Crippen LogP contribution in [0.2, 0.25) is 0 Å². The van der Waals surface area contributed by atoms with Crippen LogP contribution in [0, 0.1) is 6.92 Å². The number of carbonyl (C=O) groups is 1. The Labute approximate surface area is 183 Å². The van der Waals surface area contributed by atoms with Crippen LogP contribution in [0.5, 0.6) is 0 Å². The molecule has 0 unspecified atom stereocenters. The monoisotopic (exact) mass is 415 g/mol. The van der Waals surface area contributed by atoms with Crippen molar-refractivity contribution in [3.63, 3.8) is 0 Å². The van der Waals surface area contributed by atoms with Crippen LogP contribution in [-0.2, 0) is 19.5 Å². The topological polar surface area (TPSA) is 54.3 Å². The molecule has 1 aromatic heterocycles. The van der Waals surface area contributed by atoms with Gasteiger partial charge in [0.25, 0.3) is 5.91 Å². The van der Waals surface area contributed by atoms with Gasteiger partial charge in [0.05, 0.1) is 11.4 Å². The van der Waals surface area contributed by atoms with Crippen LogP contribution < -0.4 is 0 Å². The number of hydrogen-bond acceptors (Lipinski definition) is 4. The van der Waals surface area contributed by atoms with Gasteiger partial charge in [-0.25, -0.2) is 4.68 Å². The molecule has 0 spiro atoms. The molecule has 31 heavy (non-hydrogen) atoms. The first-order valence-corrected chi connectivity index (χ1v) is 11.3. The van der Waals surface area contributed by atoms with Gasteiger partial charge in [-0.15, -0.1) is 5.10 Å². The zero-order valence-electron chi connectivity index (χ0n) is 18.1. The standard InChI is InChI=1S/C25H29N5O/c1-19-24(25(31)29-14-6-3-7-15-29)26-27-30(19)23-12-8-11-21-18-28(16-13-22(21)23)17-20-9-4-2-5-10-20/h2,4-5,8-12H,3,6-7,13-18H2,1H3. The quantitative estimate of drug-likeness (QED) is 0.651. The van der Waals surface area contributed by atoms with Gasteiger partial charge in [0.2, 0.25) is 0 Å². The molecule has 6 nitrogen and oxygen atoms in total. The van der Waals surface area contributed by atoms with E-state index in [0.717, 1.165) is 63.4 Å². The summed E-state index contributed by atoms with van der Waals surface area (Å²) in [6.07, 6.45) is 4.31. The average Bonchev–Trinajstić information content (AvgIpc) is 3.20. The molecule has 2 aliphatic heterocycles. The van der Waals surface area contributed by atoms with Crippen molar-refractivity contribution in [1.29, 1.82) is 0 Å². The summed E-state index contributed by atoms with van der Waals surface area (Å²) in [4.78, 5) is 17.4. The molecule has 6 heteroatoms. The maximum Gasteiger partial charge on any atom is 0.276 e. The zero-order valence-corrected chi connectivity index (χ0v) is 18.1. The van der Waals surface area contributed by atoms with Crippen molar-refractivity contribution in [2.24, 2.45) is 0 Å². The maximum atomic E-state index is 13.0. The average molecular weight is 416 g/mol. The lowest BCUT2D eigenvalue weighted by Crippen LogP contribution is -2.36. The van der Waals surface area contributed by atoms with Crippen molar-refractivity contribution in [1.82, 2.24) is 24.8 Å². The summed E-state index contributed by atoms with van der Waals surface area (Å²) in [5.41, 5.74) is 6.36. The lowest BCUT2D eigenvalue weighted by atomic mass is 9.97. The molecule has 0 N–H and O–H groups in total. The Morgan fingerprint density at radius 3 is 2.58 bits per heavy atom. The number of likely N-dealkylation sites (tertiary alicyclic amines) is 1. The highest BCUT2D eigenvalue weighted by Gasteiger charge is 2.26. The first-order valence-electron chi connectivity index (χ1n) is 11.3. The van der Waals surface area contributed by atoms with E-state index >= 15 is 0 Å². The van der Waals surface area contributed by atoms with Gasteiger partial charge in [0.1, 0.15) is 0 Å². The van der Waals surface area contributed by atoms with Crippen molar-refractivity contribution < 1.29 is 4.79 Å². The minimum Gasteiger partial charge on any atom is -0.337 e. The largest absolute Gasteiger partial charge is 0.337 e. The highest BCUT2D eigenvalue weighted by Crippen LogP contribution is 2.27. The minimum atomic E-state index is 0.0160. The molecule has 0 saturated carbocycles. The van der Waals surface area contributed by atoms with E-state index in [9.17, 15) is 4.79 Å². The van der Waals surface area contributed by atoms with E-state index in [1.54, 1.807) is 0 Å². The Hall–Kier alpha value is -2.99. The van der Waals surface area contributed by atoms with Gasteiger partial charge in [0, 0.05) is 32.7 Å². The van der Waals surface area contributed by atoms with Gasteiger partial charge in [-0.2, -0.15) is 0 Å². The number of rotatable bonds is 4. The normalized spacial score (nSPS) is 16.9. The lowest BCUT2D eigenvalue weighted by Gasteiger charge is -2.30. The second kappa shape index (κ2) is 8.63. The molecule has 3 aromatic rings. The van der Waals surface area contributed by atoms with E-state index < -0.39 is 0 Å². The third-order valence-electron chi connectivity index (χ3n) is 6.54. The SMILES string of the molecule is Cc1c(C(=O)N2CCCCC2)nnn1-c1cccc2c1CCN(Cc1ccccc1)C2. The van der Waals surface area contributed by atoms with Crippen LogP contribution in [0.4, 0.5) is 0 Å². The predicted molar refractivity (Wildman–Crippen MR) is 120 cm³/mol. The van der Waals surface area contributed by atoms with Crippen molar-refractivity contribution in [3.8, 4) is 5.69 Å². The number of nitrogens with zero attached hydrogens (tertiary/aromatic N) is 5. The summed E-state index contributed by atoms with van der Waals surface area (Å²) in [5, 5.41) is 8.70. The van der Waals surface area contributed by atoms with E-state index in [2.05, 4.69) is 63.7 Å². The van der Waals surface area contributed by atoms with Crippen molar-refractivity contribution in [2.75, 3.05) is 19.6 Å². The van der Waals surface area contributed by atoms with Gasteiger partial charge in [-0.05, 0) is 55.4 Å². The van der Waals surface area contributed by atoms with Crippen LogP contribution in [0.25, 0.3) is 5.69 Å². The number of benzene rings is 2. The van der Waals surface area contributed by atoms with Crippen LogP contribution in [0.3, 0.4) is 0 Å². The minimum absolute atomic E-state index is 0.0160. The van der Waals surface area contributed by atoms with Gasteiger partial charge in [0.15, 0.2) is 5.69 Å². The molecule has 2 aromatic carbocycles. The molecule has 1 fully saturated rings. The first-order chi connectivity index (χ1) is 15.2. The summed E-state index contributed by atoms with van der Waals surface area (Å²) in [6, 6.07) is 17.0. The fourth-order valence-corrected chi connectivity index (χ4v) is 4.83. The fraction of sp³-hybridized carbons (Fsp3) is 0.400. The molecule has 3 heterocycles. The molecule has 1 saturated heterocycles. The van der Waals surface area contributed by atoms with Crippen molar-refractivity contribution >= 4 is 5.91 Å². The highest BCUT2D eigenvalue weighted by atomic mass is 16.2. The van der Waals surface area contributed by atoms with E-state index in [0.29, 0.717) is 5.69 Å². The summed E-state index contributed by atoms with van der Waals surface area (Å²) in [6.45, 7) is 6.49. The number of amides is 1. The molecule has 0 bridgehead atoms. The molecule has 2 aliphatic rings. The summed E-state index contributed by atoms with van der Waals surface area (Å²) in [7, 11) is 0. The lowest BCUT2D eigenvalue weighted by molar-refractivity contribution is 0.0717. The molecular weight excluding hydrogens is 386 g/mol. The Kier molecular flexibility index (Phi) is 5.55. The second-order valence-corrected chi connectivity index (χ2v) is 8.65. The Morgan fingerprint density at radius 1 is 0.968 bits per heavy atom. The second-order valence-electron chi connectivity index (χ2n) is 8.65. The van der Waals surface area contributed by atoms with E-state index in [4.69, 9.17) is 0 Å². The van der Waals surface area contributed by atoms with E-state index in [1.165, 1.54) is 23.1 Å². The number of aromatic nitrogens is 3. The smallest absolute Gasteiger partial charge is 0.276 e. The summed E-state index contributed by atoms with van der Waals surface area (Å²) >= 11 is 0. The third-order valence-corrected chi connectivity index (χ3v) is 6.54. The molecule has 0 radical (unpaired) electrons. The predicted octanol–water partition coefficient (Wildman–Crippen LogP) is 3.76. The zero-order chi connectivity index (χ0) is 21.2. The summed E-state index contributed by atoms with van der Waals surface area (Å²) < 4.78 is 1.86. The van der Waals surface area contributed by atoms with Crippen LogP contribution in [0.15, 0.2) is 48.5 Å². The molecule has 5 rings (SSSR count). The Morgan fingerprint density at radius 2 is 1.77 bits per heavy atom. The van der Waals surface area contributed by atoms with Crippen LogP contribution in [0.1, 0.15) is 52.1 Å². The number of piperidine rings is 1.